The highest BCUT2D eigenvalue weighted by Crippen LogP contribution is 2.44. The summed E-state index contributed by atoms with van der Waals surface area (Å²) in [7, 11) is 0. The first-order valence-corrected chi connectivity index (χ1v) is 20.4. The van der Waals surface area contributed by atoms with Crippen LogP contribution >= 0.6 is 0 Å². The van der Waals surface area contributed by atoms with Gasteiger partial charge in [-0.1, -0.05) is 133 Å². The average Bonchev–Trinajstić information content (AvgIpc) is 3.49. The van der Waals surface area contributed by atoms with Gasteiger partial charge in [-0.3, -0.25) is 0 Å². The van der Waals surface area contributed by atoms with Gasteiger partial charge in [0, 0.05) is 25.7 Å². The van der Waals surface area contributed by atoms with Gasteiger partial charge in [-0.2, -0.15) is 0 Å². The highest BCUT2D eigenvalue weighted by atomic mass is 16.6. The number of amides is 1. The Morgan fingerprint density at radius 2 is 0.846 bits per heavy atom. The van der Waals surface area contributed by atoms with Crippen LogP contribution in [0.5, 0.6) is 0 Å². The summed E-state index contributed by atoms with van der Waals surface area (Å²) < 4.78 is 39.1. The number of alkyl carbamates (subject to hydrolysis) is 1. The maximum atomic E-state index is 12.3. The third-order valence-corrected chi connectivity index (χ3v) is 9.33. The summed E-state index contributed by atoms with van der Waals surface area (Å²) in [6, 6.07) is 16.6. The molecule has 0 heterocycles. The SMILES string of the molecule is CCCCCCCCCCCCCCCOCCOCCOCCOCCOCCOCCCNC(=O)OCC1c2ccccc2-c2ccccc21. The summed E-state index contributed by atoms with van der Waals surface area (Å²) in [6.07, 6.45) is 18.1. The van der Waals surface area contributed by atoms with Crippen LogP contribution in [0.2, 0.25) is 0 Å². The van der Waals surface area contributed by atoms with Crippen LogP contribution in [0.3, 0.4) is 0 Å². The molecule has 1 aliphatic carbocycles. The second kappa shape index (κ2) is 30.9. The number of ether oxygens (including phenoxy) is 7. The molecule has 9 heteroatoms. The number of carbonyl (C=O) groups excluding carboxylic acids is 1. The van der Waals surface area contributed by atoms with Crippen LogP contribution in [-0.2, 0) is 33.2 Å². The van der Waals surface area contributed by atoms with E-state index in [4.69, 9.17) is 33.2 Å². The number of fused-ring (bicyclic) bond motifs is 3. The summed E-state index contributed by atoms with van der Waals surface area (Å²) in [6.45, 7) is 9.91. The van der Waals surface area contributed by atoms with E-state index in [1.54, 1.807) is 0 Å². The Morgan fingerprint density at radius 3 is 1.29 bits per heavy atom. The molecular formula is C43H69NO8. The fourth-order valence-electron chi connectivity index (χ4n) is 6.44. The van der Waals surface area contributed by atoms with Crippen molar-refractivity contribution in [1.29, 1.82) is 0 Å². The molecule has 0 unspecified atom stereocenters. The molecule has 294 valence electrons. The fraction of sp³-hybridized carbons (Fsp3) is 0.698. The van der Waals surface area contributed by atoms with Gasteiger partial charge in [0.1, 0.15) is 6.61 Å². The van der Waals surface area contributed by atoms with Gasteiger partial charge < -0.3 is 38.5 Å². The third-order valence-electron chi connectivity index (χ3n) is 9.33. The average molecular weight is 728 g/mol. The Balaban J connectivity index is 0.958. The lowest BCUT2D eigenvalue weighted by molar-refractivity contribution is -0.0169. The van der Waals surface area contributed by atoms with Crippen LogP contribution in [0, 0.1) is 0 Å². The molecule has 2 aromatic rings. The van der Waals surface area contributed by atoms with Gasteiger partial charge in [-0.15, -0.1) is 0 Å². The van der Waals surface area contributed by atoms with Crippen LogP contribution in [0.25, 0.3) is 11.1 Å². The van der Waals surface area contributed by atoms with Gasteiger partial charge in [-0.05, 0) is 35.1 Å². The van der Waals surface area contributed by atoms with Crippen LogP contribution in [0.15, 0.2) is 48.5 Å². The summed E-state index contributed by atoms with van der Waals surface area (Å²) in [4.78, 5) is 12.3. The van der Waals surface area contributed by atoms with Crippen LogP contribution < -0.4 is 5.32 Å². The molecule has 1 amide bonds. The zero-order valence-corrected chi connectivity index (χ0v) is 32.3. The van der Waals surface area contributed by atoms with Crippen molar-refractivity contribution in [2.45, 2.75) is 103 Å². The Kier molecular flexibility index (Phi) is 26.1. The molecule has 3 rings (SSSR count). The van der Waals surface area contributed by atoms with Crippen molar-refractivity contribution in [1.82, 2.24) is 5.32 Å². The highest BCUT2D eigenvalue weighted by molar-refractivity contribution is 5.79. The first-order valence-electron chi connectivity index (χ1n) is 20.4. The minimum atomic E-state index is -0.403. The monoisotopic (exact) mass is 728 g/mol. The molecule has 0 radical (unpaired) electrons. The van der Waals surface area contributed by atoms with E-state index in [9.17, 15) is 4.79 Å². The second-order valence-corrected chi connectivity index (χ2v) is 13.5. The van der Waals surface area contributed by atoms with Crippen molar-refractivity contribution in [3.05, 3.63) is 59.7 Å². The number of rotatable bonds is 35. The molecule has 52 heavy (non-hydrogen) atoms. The smallest absolute Gasteiger partial charge is 0.407 e. The first-order chi connectivity index (χ1) is 25.8. The molecule has 0 aliphatic heterocycles. The van der Waals surface area contributed by atoms with Gasteiger partial charge in [0.25, 0.3) is 0 Å². The number of benzene rings is 2. The molecule has 9 nitrogen and oxygen atoms in total. The number of unbranched alkanes of at least 4 members (excludes halogenated alkanes) is 12. The molecule has 0 bridgehead atoms. The molecule has 0 atom stereocenters. The summed E-state index contributed by atoms with van der Waals surface area (Å²) >= 11 is 0. The summed E-state index contributed by atoms with van der Waals surface area (Å²) in [5.41, 5.74) is 4.84. The van der Waals surface area contributed by atoms with Crippen molar-refractivity contribution in [3.8, 4) is 11.1 Å². The maximum Gasteiger partial charge on any atom is 0.407 e. The minimum absolute atomic E-state index is 0.0599. The highest BCUT2D eigenvalue weighted by Gasteiger charge is 2.28. The Bertz CT molecular complexity index is 1100. The van der Waals surface area contributed by atoms with Crippen molar-refractivity contribution < 1.29 is 38.0 Å². The molecule has 0 saturated carbocycles. The Labute approximate surface area is 314 Å². The van der Waals surface area contributed by atoms with E-state index < -0.39 is 6.09 Å². The topological polar surface area (TPSA) is 93.7 Å². The predicted molar refractivity (Wildman–Crippen MR) is 208 cm³/mol. The molecule has 1 aliphatic rings. The van der Waals surface area contributed by atoms with E-state index in [2.05, 4.69) is 36.5 Å². The maximum absolute atomic E-state index is 12.3. The van der Waals surface area contributed by atoms with Gasteiger partial charge >= 0.3 is 6.09 Å². The Morgan fingerprint density at radius 1 is 0.481 bits per heavy atom. The molecule has 2 aromatic carbocycles. The largest absolute Gasteiger partial charge is 0.449 e. The number of hydrogen-bond donors (Lipinski definition) is 1. The van der Waals surface area contributed by atoms with E-state index in [1.807, 2.05) is 24.3 Å². The molecule has 0 spiro atoms. The lowest BCUT2D eigenvalue weighted by Crippen LogP contribution is -2.27. The van der Waals surface area contributed by atoms with Crippen LogP contribution in [-0.4, -0.2) is 98.5 Å². The molecule has 0 fully saturated rings. The number of hydrogen-bond acceptors (Lipinski definition) is 8. The molecule has 1 N–H and O–H groups in total. The van der Waals surface area contributed by atoms with Crippen molar-refractivity contribution in [3.63, 3.8) is 0 Å². The van der Waals surface area contributed by atoms with E-state index in [-0.39, 0.29) is 5.92 Å². The van der Waals surface area contributed by atoms with Crippen molar-refractivity contribution >= 4 is 6.09 Å². The van der Waals surface area contributed by atoms with Crippen LogP contribution in [0.4, 0.5) is 4.79 Å². The van der Waals surface area contributed by atoms with Gasteiger partial charge in [0.2, 0.25) is 0 Å². The minimum Gasteiger partial charge on any atom is -0.449 e. The van der Waals surface area contributed by atoms with Crippen molar-refractivity contribution in [2.24, 2.45) is 0 Å². The molecule has 0 saturated heterocycles. The summed E-state index contributed by atoms with van der Waals surface area (Å²) in [5.74, 6) is 0.0599. The number of carbonyl (C=O) groups is 1. The standard InChI is InChI=1S/C43H69NO8/c1-2-3-4-5-6-7-8-9-10-11-12-13-18-25-46-27-29-48-31-33-50-35-36-51-34-32-49-30-28-47-26-19-24-44-43(45)52-37-42-40-22-16-14-20-38(40)39-21-15-17-23-41(39)42/h14-17,20-23,42H,2-13,18-19,24-37H2,1H3,(H,44,45). The van der Waals surface area contributed by atoms with E-state index in [0.717, 1.165) is 13.0 Å². The van der Waals surface area contributed by atoms with E-state index >= 15 is 0 Å². The molecular weight excluding hydrogens is 658 g/mol. The van der Waals surface area contributed by atoms with E-state index in [0.29, 0.717) is 92.2 Å². The zero-order valence-electron chi connectivity index (χ0n) is 32.3. The number of nitrogens with one attached hydrogen (secondary N) is 1. The zero-order chi connectivity index (χ0) is 36.6. The predicted octanol–water partition coefficient (Wildman–Crippen LogP) is 9.11. The third kappa shape index (κ3) is 20.1. The lowest BCUT2D eigenvalue weighted by Gasteiger charge is -2.14. The van der Waals surface area contributed by atoms with E-state index in [1.165, 1.54) is 99.3 Å². The van der Waals surface area contributed by atoms with Gasteiger partial charge in [0.05, 0.1) is 66.1 Å². The van der Waals surface area contributed by atoms with Crippen LogP contribution in [0.1, 0.15) is 114 Å². The van der Waals surface area contributed by atoms with Crippen molar-refractivity contribution in [2.75, 3.05) is 92.4 Å². The first kappa shape index (κ1) is 43.9. The normalized spacial score (nSPS) is 12.2. The quantitative estimate of drug-likeness (QED) is 0.0704. The Hall–Kier alpha value is -2.53. The lowest BCUT2D eigenvalue weighted by atomic mass is 9.98. The van der Waals surface area contributed by atoms with Gasteiger partial charge in [-0.25, -0.2) is 4.79 Å². The summed E-state index contributed by atoms with van der Waals surface area (Å²) in [5, 5.41) is 2.82. The second-order valence-electron chi connectivity index (χ2n) is 13.5. The fourth-order valence-corrected chi connectivity index (χ4v) is 6.44. The van der Waals surface area contributed by atoms with Gasteiger partial charge in [0.15, 0.2) is 0 Å². The molecule has 0 aromatic heterocycles.